The van der Waals surface area contributed by atoms with Gasteiger partial charge in [0.2, 0.25) is 0 Å². The van der Waals surface area contributed by atoms with Crippen molar-refractivity contribution in [3.05, 3.63) is 47.1 Å². The zero-order chi connectivity index (χ0) is 12.3. The molecule has 0 saturated carbocycles. The van der Waals surface area contributed by atoms with Gasteiger partial charge < -0.3 is 11.1 Å². The third kappa shape index (κ3) is 2.92. The highest BCUT2D eigenvalue weighted by atomic mass is 35.5. The van der Waals surface area contributed by atoms with Crippen molar-refractivity contribution in [3.63, 3.8) is 0 Å². The van der Waals surface area contributed by atoms with Crippen molar-refractivity contribution >= 4 is 29.0 Å². The average molecular weight is 249 g/mol. The van der Waals surface area contributed by atoms with Crippen LogP contribution in [0, 0.1) is 0 Å². The van der Waals surface area contributed by atoms with E-state index in [0.717, 1.165) is 0 Å². The fourth-order valence-corrected chi connectivity index (χ4v) is 1.32. The fraction of sp³-hybridized carbons (Fsp3) is 0. The molecule has 86 valence electrons. The van der Waals surface area contributed by atoms with Crippen molar-refractivity contribution in [1.82, 2.24) is 10.2 Å². The van der Waals surface area contributed by atoms with E-state index >= 15 is 0 Å². The zero-order valence-corrected chi connectivity index (χ0v) is 9.48. The number of nitrogens with zero attached hydrogens (tertiary/aromatic N) is 2. The summed E-state index contributed by atoms with van der Waals surface area (Å²) in [6, 6.07) is 9.80. The van der Waals surface area contributed by atoms with Crippen LogP contribution >= 0.6 is 11.6 Å². The second-order valence-corrected chi connectivity index (χ2v) is 3.74. The van der Waals surface area contributed by atoms with E-state index in [-0.39, 0.29) is 17.4 Å². The van der Waals surface area contributed by atoms with E-state index in [1.165, 1.54) is 12.1 Å². The Kier molecular flexibility index (Phi) is 3.20. The molecule has 0 aliphatic carbocycles. The number of nitrogens with one attached hydrogen (secondary N) is 1. The topological polar surface area (TPSA) is 80.9 Å². The molecule has 1 aromatic heterocycles. The summed E-state index contributed by atoms with van der Waals surface area (Å²) in [5.74, 6) is -0.0761. The maximum Gasteiger partial charge on any atom is 0.276 e. The van der Waals surface area contributed by atoms with Gasteiger partial charge in [0.05, 0.1) is 0 Å². The Bertz CT molecular complexity index is 524. The van der Waals surface area contributed by atoms with Gasteiger partial charge in [-0.15, -0.1) is 10.2 Å². The van der Waals surface area contributed by atoms with E-state index in [0.29, 0.717) is 10.7 Å². The maximum absolute atomic E-state index is 11.7. The molecule has 3 N–H and O–H groups in total. The summed E-state index contributed by atoms with van der Waals surface area (Å²) in [7, 11) is 0. The van der Waals surface area contributed by atoms with Gasteiger partial charge in [0.15, 0.2) is 5.69 Å². The number of nitrogens with two attached hydrogens (primary N) is 1. The third-order valence-corrected chi connectivity index (χ3v) is 2.27. The molecule has 0 bridgehead atoms. The van der Waals surface area contributed by atoms with Gasteiger partial charge in [-0.05, 0) is 36.4 Å². The van der Waals surface area contributed by atoms with Gasteiger partial charge in [-0.1, -0.05) is 11.6 Å². The predicted octanol–water partition coefficient (Wildman–Crippen LogP) is 1.96. The number of aromatic nitrogens is 2. The maximum atomic E-state index is 11.7. The second-order valence-electron chi connectivity index (χ2n) is 3.30. The van der Waals surface area contributed by atoms with Gasteiger partial charge in [-0.25, -0.2) is 0 Å². The van der Waals surface area contributed by atoms with Gasteiger partial charge in [-0.3, -0.25) is 4.79 Å². The van der Waals surface area contributed by atoms with Gasteiger partial charge in [0.25, 0.3) is 5.91 Å². The Morgan fingerprint density at radius 3 is 2.41 bits per heavy atom. The molecule has 6 heteroatoms. The van der Waals surface area contributed by atoms with Crippen LogP contribution in [0.3, 0.4) is 0 Å². The molecule has 1 aromatic carbocycles. The minimum Gasteiger partial charge on any atom is -0.382 e. The molecule has 0 aliphatic heterocycles. The van der Waals surface area contributed by atoms with Crippen LogP contribution in [0.1, 0.15) is 10.5 Å². The number of carbonyl (C=O) groups excluding carboxylic acids is 1. The highest BCUT2D eigenvalue weighted by Crippen LogP contribution is 2.14. The molecule has 2 aromatic rings. The van der Waals surface area contributed by atoms with Gasteiger partial charge >= 0.3 is 0 Å². The summed E-state index contributed by atoms with van der Waals surface area (Å²) < 4.78 is 0. The number of nitrogen functional groups attached to an aromatic ring is 1. The Balaban J connectivity index is 2.11. The van der Waals surface area contributed by atoms with E-state index < -0.39 is 0 Å². The van der Waals surface area contributed by atoms with Crippen LogP contribution in [0.25, 0.3) is 0 Å². The first-order valence-electron chi connectivity index (χ1n) is 4.81. The Labute approximate surface area is 103 Å². The van der Waals surface area contributed by atoms with Crippen molar-refractivity contribution in [3.8, 4) is 0 Å². The summed E-state index contributed by atoms with van der Waals surface area (Å²) in [5, 5.41) is 10.6. The lowest BCUT2D eigenvalue weighted by molar-refractivity contribution is 0.102. The van der Waals surface area contributed by atoms with Crippen molar-refractivity contribution < 1.29 is 4.79 Å². The molecule has 0 fully saturated rings. The first-order valence-corrected chi connectivity index (χ1v) is 5.19. The van der Waals surface area contributed by atoms with Crippen LogP contribution in [0.5, 0.6) is 0 Å². The van der Waals surface area contributed by atoms with E-state index in [4.69, 9.17) is 17.3 Å². The molecule has 17 heavy (non-hydrogen) atoms. The normalized spacial score (nSPS) is 9.94. The Hall–Kier alpha value is -2.14. The second kappa shape index (κ2) is 4.80. The summed E-state index contributed by atoms with van der Waals surface area (Å²) in [4.78, 5) is 11.7. The number of benzene rings is 1. The fourth-order valence-electron chi connectivity index (χ4n) is 1.19. The number of amides is 1. The molecular weight excluding hydrogens is 240 g/mol. The smallest absolute Gasteiger partial charge is 0.276 e. The van der Waals surface area contributed by atoms with E-state index in [2.05, 4.69) is 15.5 Å². The quantitative estimate of drug-likeness (QED) is 0.851. The molecule has 1 amide bonds. The summed E-state index contributed by atoms with van der Waals surface area (Å²) >= 11 is 5.73. The standard InChI is InChI=1S/C11H9ClN4O/c12-7-1-3-8(4-2-7)14-11(17)9-5-6-10(13)16-15-9/h1-6H,(H2,13,16)(H,14,17). The molecule has 0 spiro atoms. The van der Waals surface area contributed by atoms with Crippen molar-refractivity contribution in [1.29, 1.82) is 0 Å². The number of rotatable bonds is 2. The molecule has 0 radical (unpaired) electrons. The Morgan fingerprint density at radius 2 is 1.82 bits per heavy atom. The average Bonchev–Trinajstić information content (AvgIpc) is 2.33. The lowest BCUT2D eigenvalue weighted by Gasteiger charge is -2.04. The van der Waals surface area contributed by atoms with Crippen LogP contribution in [-0.4, -0.2) is 16.1 Å². The highest BCUT2D eigenvalue weighted by molar-refractivity contribution is 6.30. The molecule has 0 unspecified atom stereocenters. The van der Waals surface area contributed by atoms with Gasteiger partial charge in [0.1, 0.15) is 5.82 Å². The van der Waals surface area contributed by atoms with Gasteiger partial charge in [-0.2, -0.15) is 0 Å². The predicted molar refractivity (Wildman–Crippen MR) is 65.8 cm³/mol. The van der Waals surface area contributed by atoms with Crippen molar-refractivity contribution in [2.75, 3.05) is 11.1 Å². The monoisotopic (exact) mass is 248 g/mol. The SMILES string of the molecule is Nc1ccc(C(=O)Nc2ccc(Cl)cc2)nn1. The highest BCUT2D eigenvalue weighted by Gasteiger charge is 2.07. The largest absolute Gasteiger partial charge is 0.382 e. The first kappa shape index (κ1) is 11.3. The van der Waals surface area contributed by atoms with Crippen molar-refractivity contribution in [2.24, 2.45) is 0 Å². The third-order valence-electron chi connectivity index (χ3n) is 2.02. The number of carbonyl (C=O) groups is 1. The van der Waals surface area contributed by atoms with Gasteiger partial charge in [0, 0.05) is 10.7 Å². The first-order chi connectivity index (χ1) is 8.15. The zero-order valence-electron chi connectivity index (χ0n) is 8.72. The number of hydrogen-bond acceptors (Lipinski definition) is 4. The number of anilines is 2. The van der Waals surface area contributed by atoms with E-state index in [9.17, 15) is 4.79 Å². The van der Waals surface area contributed by atoms with E-state index in [1.54, 1.807) is 24.3 Å². The van der Waals surface area contributed by atoms with Crippen LogP contribution in [-0.2, 0) is 0 Å². The molecule has 1 heterocycles. The Morgan fingerprint density at radius 1 is 1.12 bits per heavy atom. The van der Waals surface area contributed by atoms with Crippen LogP contribution in [0.2, 0.25) is 5.02 Å². The summed E-state index contributed by atoms with van der Waals surface area (Å²) in [5.41, 5.74) is 6.22. The lowest BCUT2D eigenvalue weighted by atomic mass is 10.3. The van der Waals surface area contributed by atoms with Crippen LogP contribution < -0.4 is 11.1 Å². The minimum atomic E-state index is -0.347. The molecule has 0 saturated heterocycles. The minimum absolute atomic E-state index is 0.203. The van der Waals surface area contributed by atoms with Crippen molar-refractivity contribution in [2.45, 2.75) is 0 Å². The summed E-state index contributed by atoms with van der Waals surface area (Å²) in [6.45, 7) is 0. The lowest BCUT2D eigenvalue weighted by Crippen LogP contribution is -2.14. The molecule has 5 nitrogen and oxygen atoms in total. The molecule has 2 rings (SSSR count). The van der Waals surface area contributed by atoms with E-state index in [1.807, 2.05) is 0 Å². The molecular formula is C11H9ClN4O. The molecule has 0 aliphatic rings. The number of halogens is 1. The van der Waals surface area contributed by atoms with Crippen LogP contribution in [0.4, 0.5) is 11.5 Å². The summed E-state index contributed by atoms with van der Waals surface area (Å²) in [6.07, 6.45) is 0. The molecule has 0 atom stereocenters. The number of hydrogen-bond donors (Lipinski definition) is 2. The van der Waals surface area contributed by atoms with Crippen LogP contribution in [0.15, 0.2) is 36.4 Å².